The number of rotatable bonds is 6. The van der Waals surface area contributed by atoms with E-state index in [4.69, 9.17) is 21.1 Å². The summed E-state index contributed by atoms with van der Waals surface area (Å²) in [4.78, 5) is 11.4. The van der Waals surface area contributed by atoms with Crippen LogP contribution in [0.3, 0.4) is 0 Å². The highest BCUT2D eigenvalue weighted by molar-refractivity contribution is 6.30. The molecule has 2 rings (SSSR count). The Kier molecular flexibility index (Phi) is 4.61. The van der Waals surface area contributed by atoms with Crippen molar-refractivity contribution >= 4 is 17.6 Å². The van der Waals surface area contributed by atoms with Crippen LogP contribution in [0, 0.1) is 11.8 Å². The quantitative estimate of drug-likeness (QED) is 0.744. The van der Waals surface area contributed by atoms with E-state index in [0.29, 0.717) is 25.7 Å². The summed E-state index contributed by atoms with van der Waals surface area (Å²) in [6.45, 7) is 3.45. The molecule has 1 saturated carbocycles. The number of esters is 1. The standard InChI is InChI=1S/C14H17ClO3/c1-2-18-14(16)13-7-11(13)9-17-8-10-3-5-12(15)6-4-10/h3-6,11,13H,2,7-9H2,1H3. The summed E-state index contributed by atoms with van der Waals surface area (Å²) in [6, 6.07) is 7.58. The van der Waals surface area contributed by atoms with Crippen molar-refractivity contribution in [2.75, 3.05) is 13.2 Å². The average molecular weight is 269 g/mol. The summed E-state index contributed by atoms with van der Waals surface area (Å²) in [5, 5.41) is 0.725. The molecule has 0 heterocycles. The Balaban J connectivity index is 1.65. The third-order valence-electron chi connectivity index (χ3n) is 3.03. The van der Waals surface area contributed by atoms with Crippen LogP contribution in [0.1, 0.15) is 18.9 Å². The fourth-order valence-electron chi connectivity index (χ4n) is 1.88. The molecule has 0 saturated heterocycles. The third-order valence-corrected chi connectivity index (χ3v) is 3.28. The van der Waals surface area contributed by atoms with Gasteiger partial charge in [-0.15, -0.1) is 0 Å². The van der Waals surface area contributed by atoms with Crippen LogP contribution in [-0.2, 0) is 20.9 Å². The molecule has 1 fully saturated rings. The molecule has 98 valence electrons. The van der Waals surface area contributed by atoms with Crippen molar-refractivity contribution in [2.45, 2.75) is 20.0 Å². The number of hydrogen-bond donors (Lipinski definition) is 0. The highest BCUT2D eigenvalue weighted by Gasteiger charge is 2.44. The minimum absolute atomic E-state index is 0.0511. The summed E-state index contributed by atoms with van der Waals surface area (Å²) in [5.41, 5.74) is 1.09. The average Bonchev–Trinajstić information content (AvgIpc) is 3.12. The van der Waals surface area contributed by atoms with Crippen LogP contribution in [0.4, 0.5) is 0 Å². The zero-order chi connectivity index (χ0) is 13.0. The van der Waals surface area contributed by atoms with Gasteiger partial charge >= 0.3 is 5.97 Å². The largest absolute Gasteiger partial charge is 0.466 e. The molecule has 2 atom stereocenters. The molecule has 1 aromatic carbocycles. The van der Waals surface area contributed by atoms with E-state index in [-0.39, 0.29) is 11.9 Å². The van der Waals surface area contributed by atoms with Gasteiger partial charge < -0.3 is 9.47 Å². The first-order valence-corrected chi connectivity index (χ1v) is 6.57. The van der Waals surface area contributed by atoms with Crippen molar-refractivity contribution < 1.29 is 14.3 Å². The molecule has 1 aromatic rings. The lowest BCUT2D eigenvalue weighted by atomic mass is 10.2. The van der Waals surface area contributed by atoms with Crippen LogP contribution in [-0.4, -0.2) is 19.2 Å². The lowest BCUT2D eigenvalue weighted by molar-refractivity contribution is -0.145. The third kappa shape index (κ3) is 3.72. The van der Waals surface area contributed by atoms with Crippen molar-refractivity contribution in [3.05, 3.63) is 34.9 Å². The number of benzene rings is 1. The Morgan fingerprint density at radius 2 is 2.11 bits per heavy atom. The van der Waals surface area contributed by atoms with E-state index in [1.807, 2.05) is 31.2 Å². The van der Waals surface area contributed by atoms with E-state index >= 15 is 0 Å². The van der Waals surface area contributed by atoms with Crippen molar-refractivity contribution in [3.8, 4) is 0 Å². The van der Waals surface area contributed by atoms with Gasteiger partial charge in [0.1, 0.15) is 0 Å². The maximum Gasteiger partial charge on any atom is 0.309 e. The summed E-state index contributed by atoms with van der Waals surface area (Å²) in [5.74, 6) is 0.295. The lowest BCUT2D eigenvalue weighted by Crippen LogP contribution is -2.09. The van der Waals surface area contributed by atoms with Gasteiger partial charge in [-0.3, -0.25) is 4.79 Å². The van der Waals surface area contributed by atoms with Crippen molar-refractivity contribution in [1.82, 2.24) is 0 Å². The minimum Gasteiger partial charge on any atom is -0.466 e. The number of halogens is 1. The van der Waals surface area contributed by atoms with Gasteiger partial charge in [-0.1, -0.05) is 23.7 Å². The first-order chi connectivity index (χ1) is 8.70. The van der Waals surface area contributed by atoms with Gasteiger partial charge in [-0.25, -0.2) is 0 Å². The number of carbonyl (C=O) groups is 1. The second-order valence-corrected chi connectivity index (χ2v) is 4.93. The maximum atomic E-state index is 11.4. The monoisotopic (exact) mass is 268 g/mol. The van der Waals surface area contributed by atoms with Crippen LogP contribution in [0.2, 0.25) is 5.02 Å². The zero-order valence-electron chi connectivity index (χ0n) is 10.4. The van der Waals surface area contributed by atoms with Crippen LogP contribution < -0.4 is 0 Å². The normalized spacial score (nSPS) is 21.7. The van der Waals surface area contributed by atoms with Gasteiger partial charge in [-0.05, 0) is 37.0 Å². The van der Waals surface area contributed by atoms with E-state index in [1.165, 1.54) is 0 Å². The smallest absolute Gasteiger partial charge is 0.309 e. The fourth-order valence-corrected chi connectivity index (χ4v) is 2.00. The van der Waals surface area contributed by atoms with E-state index < -0.39 is 0 Å². The van der Waals surface area contributed by atoms with Gasteiger partial charge in [0, 0.05) is 5.02 Å². The predicted octanol–water partition coefficient (Wildman–Crippen LogP) is 3.06. The van der Waals surface area contributed by atoms with E-state index in [2.05, 4.69) is 0 Å². The number of carbonyl (C=O) groups excluding carboxylic acids is 1. The molecule has 0 aliphatic heterocycles. The van der Waals surface area contributed by atoms with Gasteiger partial charge in [0.25, 0.3) is 0 Å². The Morgan fingerprint density at radius 3 is 2.78 bits per heavy atom. The highest BCUT2D eigenvalue weighted by atomic mass is 35.5. The van der Waals surface area contributed by atoms with Gasteiger partial charge in [0.2, 0.25) is 0 Å². The van der Waals surface area contributed by atoms with Crippen LogP contribution in [0.25, 0.3) is 0 Å². The second kappa shape index (κ2) is 6.21. The predicted molar refractivity (Wildman–Crippen MR) is 69.3 cm³/mol. The number of hydrogen-bond acceptors (Lipinski definition) is 3. The van der Waals surface area contributed by atoms with Crippen molar-refractivity contribution in [2.24, 2.45) is 11.8 Å². The molecule has 18 heavy (non-hydrogen) atoms. The van der Waals surface area contributed by atoms with Crippen LogP contribution >= 0.6 is 11.6 Å². The highest BCUT2D eigenvalue weighted by Crippen LogP contribution is 2.39. The molecule has 0 N–H and O–H groups in total. The maximum absolute atomic E-state index is 11.4. The first-order valence-electron chi connectivity index (χ1n) is 6.19. The van der Waals surface area contributed by atoms with Gasteiger partial charge in [0.15, 0.2) is 0 Å². The molecular weight excluding hydrogens is 252 g/mol. The molecular formula is C14H17ClO3. The Morgan fingerprint density at radius 1 is 1.39 bits per heavy atom. The Hall–Kier alpha value is -1.06. The van der Waals surface area contributed by atoms with E-state index in [9.17, 15) is 4.79 Å². The fraction of sp³-hybridized carbons (Fsp3) is 0.500. The van der Waals surface area contributed by atoms with E-state index in [1.54, 1.807) is 0 Å². The molecule has 0 aromatic heterocycles. The molecule has 0 amide bonds. The molecule has 3 nitrogen and oxygen atoms in total. The van der Waals surface area contributed by atoms with Gasteiger partial charge in [0.05, 0.1) is 25.7 Å². The molecule has 0 bridgehead atoms. The van der Waals surface area contributed by atoms with E-state index in [0.717, 1.165) is 17.0 Å². The molecule has 0 spiro atoms. The zero-order valence-corrected chi connectivity index (χ0v) is 11.2. The SMILES string of the molecule is CCOC(=O)C1CC1COCc1ccc(Cl)cc1. The van der Waals surface area contributed by atoms with Crippen molar-refractivity contribution in [1.29, 1.82) is 0 Å². The molecule has 2 unspecified atom stereocenters. The summed E-state index contributed by atoms with van der Waals surface area (Å²) in [7, 11) is 0. The Labute approximate surface area is 112 Å². The molecule has 0 radical (unpaired) electrons. The van der Waals surface area contributed by atoms with Crippen LogP contribution in [0.15, 0.2) is 24.3 Å². The summed E-state index contributed by atoms with van der Waals surface area (Å²) < 4.78 is 10.6. The van der Waals surface area contributed by atoms with Crippen LogP contribution in [0.5, 0.6) is 0 Å². The summed E-state index contributed by atoms with van der Waals surface area (Å²) >= 11 is 5.80. The summed E-state index contributed by atoms with van der Waals surface area (Å²) in [6.07, 6.45) is 0.888. The molecule has 1 aliphatic carbocycles. The second-order valence-electron chi connectivity index (χ2n) is 4.50. The Bertz CT molecular complexity index is 402. The molecule has 1 aliphatic rings. The topological polar surface area (TPSA) is 35.5 Å². The number of ether oxygens (including phenoxy) is 2. The van der Waals surface area contributed by atoms with Gasteiger partial charge in [-0.2, -0.15) is 0 Å². The molecule has 4 heteroatoms. The minimum atomic E-state index is -0.0856. The van der Waals surface area contributed by atoms with Crippen molar-refractivity contribution in [3.63, 3.8) is 0 Å². The lowest BCUT2D eigenvalue weighted by Gasteiger charge is -2.04. The first kappa shape index (κ1) is 13.4.